The number of hydrogen-bond acceptors (Lipinski definition) is 3. The third-order valence-electron chi connectivity index (χ3n) is 5.17. The molecule has 0 aromatic heterocycles. The number of likely N-dealkylation sites (tertiary alicyclic amines) is 2. The summed E-state index contributed by atoms with van der Waals surface area (Å²) < 4.78 is 31.7. The van der Waals surface area contributed by atoms with Gasteiger partial charge in [-0.05, 0) is 29.8 Å². The molecule has 2 aliphatic rings. The molecule has 0 aliphatic carbocycles. The van der Waals surface area contributed by atoms with E-state index in [4.69, 9.17) is 21.5 Å². The highest BCUT2D eigenvalue weighted by atomic mass is 35.5. The number of carboxylic acids is 1. The second-order valence-electron chi connectivity index (χ2n) is 7.39. The zero-order valence-electron chi connectivity index (χ0n) is 16.3. The van der Waals surface area contributed by atoms with Crippen molar-refractivity contribution in [2.45, 2.75) is 18.8 Å². The fourth-order valence-corrected chi connectivity index (χ4v) is 3.90. The van der Waals surface area contributed by atoms with E-state index in [9.17, 15) is 18.0 Å². The minimum Gasteiger partial charge on any atom is -0.475 e. The molecule has 6 nitrogen and oxygen atoms in total. The molecule has 2 fully saturated rings. The van der Waals surface area contributed by atoms with Gasteiger partial charge in [0, 0.05) is 48.8 Å². The van der Waals surface area contributed by atoms with Gasteiger partial charge in [0.25, 0.3) is 0 Å². The minimum atomic E-state index is -5.08. The van der Waals surface area contributed by atoms with Crippen molar-refractivity contribution < 1.29 is 27.9 Å². The quantitative estimate of drug-likeness (QED) is 0.723. The zero-order chi connectivity index (χ0) is 22.6. The Labute approximate surface area is 182 Å². The molecule has 10 heteroatoms. The van der Waals surface area contributed by atoms with Crippen LogP contribution >= 0.6 is 11.6 Å². The zero-order valence-corrected chi connectivity index (χ0v) is 17.1. The van der Waals surface area contributed by atoms with Crippen LogP contribution in [0.25, 0.3) is 0 Å². The van der Waals surface area contributed by atoms with E-state index in [0.717, 1.165) is 36.9 Å². The molecular weight excluding hydrogens is 435 g/mol. The van der Waals surface area contributed by atoms with Crippen molar-refractivity contribution in [2.75, 3.05) is 25.0 Å². The van der Waals surface area contributed by atoms with Crippen LogP contribution in [0.5, 0.6) is 0 Å². The van der Waals surface area contributed by atoms with Gasteiger partial charge in [0.05, 0.1) is 0 Å². The number of carboxylic acid groups (broad SMARTS) is 1. The van der Waals surface area contributed by atoms with Crippen LogP contribution in [0, 0.1) is 5.92 Å². The van der Waals surface area contributed by atoms with E-state index in [1.807, 2.05) is 53.4 Å². The highest BCUT2D eigenvalue weighted by Crippen LogP contribution is 2.34. The molecule has 2 unspecified atom stereocenters. The van der Waals surface area contributed by atoms with Crippen molar-refractivity contribution in [3.8, 4) is 0 Å². The molecule has 2 aromatic rings. The van der Waals surface area contributed by atoms with Crippen LogP contribution in [-0.4, -0.2) is 58.8 Å². The number of nitrogens with one attached hydrogen (secondary N) is 1. The summed E-state index contributed by atoms with van der Waals surface area (Å²) in [6, 6.07) is 18.1. The molecule has 0 spiro atoms. The lowest BCUT2D eigenvalue weighted by Gasteiger charge is -2.43. The molecular formula is C21H21ClF3N3O3. The van der Waals surface area contributed by atoms with Gasteiger partial charge in [0.15, 0.2) is 0 Å². The van der Waals surface area contributed by atoms with Crippen LogP contribution in [0.2, 0.25) is 5.02 Å². The Morgan fingerprint density at radius 3 is 2.35 bits per heavy atom. The first-order valence-electron chi connectivity index (χ1n) is 9.53. The number of urea groups is 1. The summed E-state index contributed by atoms with van der Waals surface area (Å²) in [6.45, 7) is 3.58. The van der Waals surface area contributed by atoms with Crippen LogP contribution in [-0.2, 0) is 11.3 Å². The van der Waals surface area contributed by atoms with Gasteiger partial charge in [-0.3, -0.25) is 4.90 Å². The number of para-hydroxylation sites is 1. The Morgan fingerprint density at radius 1 is 1.06 bits per heavy atom. The second-order valence-corrected chi connectivity index (χ2v) is 7.83. The van der Waals surface area contributed by atoms with Crippen molar-refractivity contribution in [1.29, 1.82) is 0 Å². The Kier molecular flexibility index (Phi) is 7.07. The number of carbonyl (C=O) groups is 2. The normalized spacial score (nSPS) is 20.2. The first-order valence-corrected chi connectivity index (χ1v) is 9.91. The van der Waals surface area contributed by atoms with Gasteiger partial charge in [-0.15, -0.1) is 0 Å². The molecule has 0 bridgehead atoms. The number of nitrogens with zero attached hydrogens (tertiary/aromatic N) is 2. The van der Waals surface area contributed by atoms with Crippen LogP contribution in [0.15, 0.2) is 54.6 Å². The molecule has 2 N–H and O–H groups in total. The predicted octanol–water partition coefficient (Wildman–Crippen LogP) is 4.32. The Balaban J connectivity index is 0.000000339. The molecule has 2 amide bonds. The van der Waals surface area contributed by atoms with Gasteiger partial charge in [-0.2, -0.15) is 13.2 Å². The largest absolute Gasteiger partial charge is 0.490 e. The summed E-state index contributed by atoms with van der Waals surface area (Å²) in [5.74, 6) is -2.17. The summed E-state index contributed by atoms with van der Waals surface area (Å²) in [5, 5.41) is 10.9. The van der Waals surface area contributed by atoms with Gasteiger partial charge < -0.3 is 15.3 Å². The third kappa shape index (κ3) is 6.11. The smallest absolute Gasteiger partial charge is 0.475 e. The number of alkyl halides is 3. The number of carbonyl (C=O) groups excluding carboxylic acids is 1. The van der Waals surface area contributed by atoms with Gasteiger partial charge in [0.1, 0.15) is 0 Å². The van der Waals surface area contributed by atoms with Crippen LogP contribution < -0.4 is 5.32 Å². The molecule has 2 saturated heterocycles. The van der Waals surface area contributed by atoms with E-state index in [0.29, 0.717) is 12.0 Å². The monoisotopic (exact) mass is 455 g/mol. The van der Waals surface area contributed by atoms with E-state index < -0.39 is 12.1 Å². The number of fused-ring (bicyclic) bond motifs is 1. The van der Waals surface area contributed by atoms with Gasteiger partial charge in [-0.1, -0.05) is 41.9 Å². The summed E-state index contributed by atoms with van der Waals surface area (Å²) in [4.78, 5) is 25.7. The number of aliphatic carboxylic acids is 1. The van der Waals surface area contributed by atoms with Gasteiger partial charge >= 0.3 is 18.2 Å². The average molecular weight is 456 g/mol. The number of benzene rings is 2. The minimum absolute atomic E-state index is 0.00157. The number of rotatable bonds is 3. The molecule has 31 heavy (non-hydrogen) atoms. The van der Waals surface area contributed by atoms with Crippen molar-refractivity contribution in [3.63, 3.8) is 0 Å². The first kappa shape index (κ1) is 22.9. The lowest BCUT2D eigenvalue weighted by Crippen LogP contribution is -2.54. The SMILES string of the molecule is O=C(Nc1ccccc1)N1CC2CN(Cc3cccc(Cl)c3)C2C1.O=C(O)C(F)(F)F. The van der Waals surface area contributed by atoms with Crippen molar-refractivity contribution in [3.05, 3.63) is 65.2 Å². The fraction of sp³-hybridized carbons (Fsp3) is 0.333. The standard InChI is InChI=1S/C19H20ClN3O.C2HF3O2/c20-16-6-4-5-14(9-16)10-22-11-15-12-23(13-18(15)22)19(24)21-17-7-2-1-3-8-17;3-2(4,5)1(6)7/h1-9,15,18H,10-13H2,(H,21,24);(H,6,7). The van der Waals surface area contributed by atoms with E-state index >= 15 is 0 Å². The van der Waals surface area contributed by atoms with Crippen LogP contribution in [0.1, 0.15) is 5.56 Å². The Hall–Kier alpha value is -2.78. The summed E-state index contributed by atoms with van der Waals surface area (Å²) in [6.07, 6.45) is -5.08. The highest BCUT2D eigenvalue weighted by molar-refractivity contribution is 6.30. The molecule has 4 rings (SSSR count). The van der Waals surface area contributed by atoms with E-state index in [1.54, 1.807) is 0 Å². The van der Waals surface area contributed by atoms with Gasteiger partial charge in [-0.25, -0.2) is 9.59 Å². The van der Waals surface area contributed by atoms with Crippen molar-refractivity contribution in [2.24, 2.45) is 5.92 Å². The molecule has 0 saturated carbocycles. The van der Waals surface area contributed by atoms with Crippen molar-refractivity contribution >= 4 is 29.3 Å². The lowest BCUT2D eigenvalue weighted by molar-refractivity contribution is -0.192. The molecule has 2 atom stereocenters. The number of halogens is 4. The van der Waals surface area contributed by atoms with Crippen molar-refractivity contribution in [1.82, 2.24) is 9.80 Å². The maximum absolute atomic E-state index is 12.4. The summed E-state index contributed by atoms with van der Waals surface area (Å²) >= 11 is 6.06. The Morgan fingerprint density at radius 2 is 1.74 bits per heavy atom. The lowest BCUT2D eigenvalue weighted by atomic mass is 9.91. The molecule has 0 radical (unpaired) electrons. The Bertz CT molecular complexity index is 927. The summed E-state index contributed by atoms with van der Waals surface area (Å²) in [5.41, 5.74) is 2.07. The number of anilines is 1. The predicted molar refractivity (Wildman–Crippen MR) is 110 cm³/mol. The fourth-order valence-electron chi connectivity index (χ4n) is 3.69. The number of hydrogen-bond donors (Lipinski definition) is 2. The van der Waals surface area contributed by atoms with Gasteiger partial charge in [0.2, 0.25) is 0 Å². The number of amides is 2. The highest BCUT2D eigenvalue weighted by Gasteiger charge is 2.46. The summed E-state index contributed by atoms with van der Waals surface area (Å²) in [7, 11) is 0. The maximum Gasteiger partial charge on any atom is 0.490 e. The molecule has 2 heterocycles. The maximum atomic E-state index is 12.4. The van der Waals surface area contributed by atoms with Crippen LogP contribution in [0.4, 0.5) is 23.7 Å². The topological polar surface area (TPSA) is 72.9 Å². The van der Waals surface area contributed by atoms with E-state index in [1.165, 1.54) is 5.56 Å². The van der Waals surface area contributed by atoms with E-state index in [-0.39, 0.29) is 6.03 Å². The third-order valence-corrected chi connectivity index (χ3v) is 5.41. The van der Waals surface area contributed by atoms with E-state index in [2.05, 4.69) is 16.3 Å². The molecule has 2 aliphatic heterocycles. The molecule has 166 valence electrons. The first-order chi connectivity index (χ1) is 14.6. The second kappa shape index (κ2) is 9.57. The van der Waals surface area contributed by atoms with Crippen LogP contribution in [0.3, 0.4) is 0 Å². The molecule has 2 aromatic carbocycles. The average Bonchev–Trinajstić information content (AvgIpc) is 3.04.